The quantitative estimate of drug-likeness (QED) is 0.586. The van der Waals surface area contributed by atoms with Crippen LogP contribution in [0.3, 0.4) is 0 Å². The number of rotatable bonds is 2. The number of sulfone groups is 1. The smallest absolute Gasteiger partial charge is 0.151 e. The molecule has 0 aliphatic heterocycles. The summed E-state index contributed by atoms with van der Waals surface area (Å²) in [5, 5.41) is 0. The third-order valence-corrected chi connectivity index (χ3v) is 2.69. The van der Waals surface area contributed by atoms with Gasteiger partial charge in [0.25, 0.3) is 0 Å². The van der Waals surface area contributed by atoms with Crippen LogP contribution in [0.15, 0.2) is 24.3 Å². The highest BCUT2D eigenvalue weighted by atomic mass is 35.5. The molecule has 0 aliphatic rings. The maximum atomic E-state index is 11.2. The maximum Gasteiger partial charge on any atom is 0.151 e. The summed E-state index contributed by atoms with van der Waals surface area (Å²) in [4.78, 5) is 0. The van der Waals surface area contributed by atoms with Crippen LogP contribution in [-0.2, 0) is 15.6 Å². The maximum absolute atomic E-state index is 11.2. The van der Waals surface area contributed by atoms with Crippen LogP contribution in [0.2, 0.25) is 0 Å². The van der Waals surface area contributed by atoms with Crippen LogP contribution in [0.1, 0.15) is 11.1 Å². The third kappa shape index (κ3) is 4.37. The lowest BCUT2D eigenvalue weighted by atomic mass is 10.1. The fourth-order valence-electron chi connectivity index (χ4n) is 1.18. The molecule has 80 valence electrons. The molecule has 4 heteroatoms. The summed E-state index contributed by atoms with van der Waals surface area (Å²) >= 11 is 5.45. The van der Waals surface area contributed by atoms with E-state index in [9.17, 15) is 8.42 Å². The highest BCUT2D eigenvalue weighted by Crippen LogP contribution is 2.10. The van der Waals surface area contributed by atoms with E-state index < -0.39 is 9.84 Å². The van der Waals surface area contributed by atoms with Gasteiger partial charge in [-0.1, -0.05) is 30.0 Å². The van der Waals surface area contributed by atoms with Crippen LogP contribution < -0.4 is 0 Å². The molecule has 1 rings (SSSR count). The van der Waals surface area contributed by atoms with Crippen LogP contribution in [-0.4, -0.2) is 20.6 Å². The van der Waals surface area contributed by atoms with Crippen LogP contribution in [0.25, 0.3) is 0 Å². The molecule has 0 amide bonds. The normalized spacial score (nSPS) is 10.5. The second-order valence-corrected chi connectivity index (χ2v) is 5.57. The SMILES string of the molecule is CS(=O)(=O)Cc1ccccc1C#CCCl. The first-order valence-corrected chi connectivity index (χ1v) is 6.93. The topological polar surface area (TPSA) is 34.1 Å². The molecule has 0 heterocycles. The third-order valence-electron chi connectivity index (χ3n) is 1.72. The number of hydrogen-bond acceptors (Lipinski definition) is 2. The first kappa shape index (κ1) is 12.1. The van der Waals surface area contributed by atoms with Crippen molar-refractivity contribution in [2.24, 2.45) is 0 Å². The average Bonchev–Trinajstić information content (AvgIpc) is 2.14. The molecule has 0 saturated carbocycles. The van der Waals surface area contributed by atoms with Gasteiger partial charge in [0, 0.05) is 11.8 Å². The number of alkyl halides is 1. The molecule has 0 saturated heterocycles. The van der Waals surface area contributed by atoms with E-state index in [1.165, 1.54) is 6.26 Å². The van der Waals surface area contributed by atoms with Gasteiger partial charge in [-0.2, -0.15) is 0 Å². The number of hydrogen-bond donors (Lipinski definition) is 0. The van der Waals surface area contributed by atoms with E-state index in [0.717, 1.165) is 11.1 Å². The van der Waals surface area contributed by atoms with Gasteiger partial charge in [0.2, 0.25) is 0 Å². The molecule has 0 unspecified atom stereocenters. The van der Waals surface area contributed by atoms with Crippen molar-refractivity contribution >= 4 is 21.4 Å². The van der Waals surface area contributed by atoms with Crippen molar-refractivity contribution in [3.63, 3.8) is 0 Å². The van der Waals surface area contributed by atoms with Crippen molar-refractivity contribution in [3.8, 4) is 11.8 Å². The summed E-state index contributed by atoms with van der Waals surface area (Å²) in [6.45, 7) is 0. The van der Waals surface area contributed by atoms with E-state index in [-0.39, 0.29) is 11.6 Å². The van der Waals surface area contributed by atoms with Crippen LogP contribution in [0.4, 0.5) is 0 Å². The Balaban J connectivity index is 3.07. The lowest BCUT2D eigenvalue weighted by Crippen LogP contribution is -2.02. The zero-order valence-corrected chi connectivity index (χ0v) is 9.90. The van der Waals surface area contributed by atoms with Crippen LogP contribution in [0, 0.1) is 11.8 Å². The summed E-state index contributed by atoms with van der Waals surface area (Å²) in [5.74, 6) is 5.81. The molecule has 0 fully saturated rings. The van der Waals surface area contributed by atoms with Gasteiger partial charge in [0.15, 0.2) is 9.84 Å². The van der Waals surface area contributed by atoms with Crippen molar-refractivity contribution < 1.29 is 8.42 Å². The van der Waals surface area contributed by atoms with E-state index in [1.807, 2.05) is 6.07 Å². The molecule has 2 nitrogen and oxygen atoms in total. The molecule has 1 aromatic rings. The van der Waals surface area contributed by atoms with Crippen molar-refractivity contribution in [1.29, 1.82) is 0 Å². The molecular weight excluding hydrogens is 232 g/mol. The Morgan fingerprint density at radius 2 is 2.00 bits per heavy atom. The Hall–Kier alpha value is -0.980. The fraction of sp³-hybridized carbons (Fsp3) is 0.273. The second kappa shape index (κ2) is 5.20. The minimum absolute atomic E-state index is 0.0140. The molecule has 0 bridgehead atoms. The average molecular weight is 243 g/mol. The van der Waals surface area contributed by atoms with Gasteiger partial charge in [-0.3, -0.25) is 0 Å². The van der Waals surface area contributed by atoms with Gasteiger partial charge in [0.1, 0.15) is 0 Å². The van der Waals surface area contributed by atoms with Gasteiger partial charge in [-0.15, -0.1) is 11.6 Å². The predicted octanol–water partition coefficient (Wildman–Crippen LogP) is 1.82. The number of halogens is 1. The van der Waals surface area contributed by atoms with Crippen LogP contribution >= 0.6 is 11.6 Å². The van der Waals surface area contributed by atoms with Crippen molar-refractivity contribution in [3.05, 3.63) is 35.4 Å². The predicted molar refractivity (Wildman–Crippen MR) is 62.6 cm³/mol. The van der Waals surface area contributed by atoms with Crippen molar-refractivity contribution in [1.82, 2.24) is 0 Å². The van der Waals surface area contributed by atoms with Gasteiger partial charge < -0.3 is 0 Å². The summed E-state index contributed by atoms with van der Waals surface area (Å²) in [6.07, 6.45) is 1.21. The summed E-state index contributed by atoms with van der Waals surface area (Å²) in [7, 11) is -3.03. The highest BCUT2D eigenvalue weighted by molar-refractivity contribution is 7.89. The van der Waals surface area contributed by atoms with E-state index in [0.29, 0.717) is 0 Å². The van der Waals surface area contributed by atoms with Crippen molar-refractivity contribution in [2.75, 3.05) is 12.1 Å². The van der Waals surface area contributed by atoms with Gasteiger partial charge in [-0.25, -0.2) is 8.42 Å². The zero-order valence-electron chi connectivity index (χ0n) is 8.33. The zero-order chi connectivity index (χ0) is 11.3. The molecule has 0 aliphatic carbocycles. The Morgan fingerprint density at radius 3 is 2.60 bits per heavy atom. The molecule has 0 aromatic heterocycles. The standard InChI is InChI=1S/C11H11ClO2S/c1-15(13,14)9-11-6-3-2-5-10(11)7-4-8-12/h2-3,5-6H,8-9H2,1H3. The van der Waals surface area contributed by atoms with E-state index in [2.05, 4.69) is 11.8 Å². The van der Waals surface area contributed by atoms with E-state index in [1.54, 1.807) is 18.2 Å². The Morgan fingerprint density at radius 1 is 1.33 bits per heavy atom. The Labute approximate surface area is 95.2 Å². The van der Waals surface area contributed by atoms with Gasteiger partial charge in [0.05, 0.1) is 11.6 Å². The Kier molecular flexibility index (Phi) is 4.19. The fourth-order valence-corrected chi connectivity index (χ4v) is 2.06. The minimum atomic E-state index is -3.03. The molecule has 0 N–H and O–H groups in total. The molecule has 0 atom stereocenters. The van der Waals surface area contributed by atoms with Gasteiger partial charge >= 0.3 is 0 Å². The van der Waals surface area contributed by atoms with Crippen molar-refractivity contribution in [2.45, 2.75) is 5.75 Å². The summed E-state index contributed by atoms with van der Waals surface area (Å²) in [6, 6.07) is 7.18. The largest absolute Gasteiger partial charge is 0.229 e. The van der Waals surface area contributed by atoms with E-state index in [4.69, 9.17) is 11.6 Å². The lowest BCUT2D eigenvalue weighted by molar-refractivity contribution is 0.601. The first-order valence-electron chi connectivity index (χ1n) is 4.33. The summed E-state index contributed by atoms with van der Waals surface area (Å²) in [5.41, 5.74) is 1.45. The van der Waals surface area contributed by atoms with Gasteiger partial charge in [-0.05, 0) is 11.6 Å². The lowest BCUT2D eigenvalue weighted by Gasteiger charge is -2.02. The highest BCUT2D eigenvalue weighted by Gasteiger charge is 2.07. The molecular formula is C11H11ClO2S. The summed E-state index contributed by atoms with van der Waals surface area (Å²) < 4.78 is 22.3. The monoisotopic (exact) mass is 242 g/mol. The molecule has 15 heavy (non-hydrogen) atoms. The molecule has 0 spiro atoms. The second-order valence-electron chi connectivity index (χ2n) is 3.16. The molecule has 0 radical (unpaired) electrons. The molecule has 1 aromatic carbocycles. The minimum Gasteiger partial charge on any atom is -0.229 e. The van der Waals surface area contributed by atoms with Crippen LogP contribution in [0.5, 0.6) is 0 Å². The first-order chi connectivity index (χ1) is 7.03. The number of benzene rings is 1. The Bertz CT molecular complexity index is 495. The van der Waals surface area contributed by atoms with E-state index >= 15 is 0 Å².